The number of allylic oxidation sites excluding steroid dienone is 3. The fourth-order valence-corrected chi connectivity index (χ4v) is 2.34. The van der Waals surface area contributed by atoms with Crippen LogP contribution in [0.25, 0.3) is 0 Å². The molecule has 0 saturated carbocycles. The van der Waals surface area contributed by atoms with Crippen LogP contribution in [0.4, 0.5) is 0 Å². The zero-order valence-corrected chi connectivity index (χ0v) is 9.37. The molecule has 1 saturated heterocycles. The number of likely N-dealkylation sites (N-methyl/N-ethyl adjacent to an activating group) is 1. The molecule has 84 valence electrons. The van der Waals surface area contributed by atoms with Crippen LogP contribution in [0, 0.1) is 0 Å². The molecule has 0 amide bonds. The summed E-state index contributed by atoms with van der Waals surface area (Å²) >= 11 is 0. The van der Waals surface area contributed by atoms with Gasteiger partial charge in [-0.05, 0) is 31.8 Å². The van der Waals surface area contributed by atoms with Crippen molar-refractivity contribution in [1.82, 2.24) is 10.2 Å². The smallest absolute Gasteiger partial charge is 0.0573 e. The predicted molar refractivity (Wildman–Crippen MR) is 61.3 cm³/mol. The lowest BCUT2D eigenvalue weighted by Crippen LogP contribution is -2.37. The normalized spacial score (nSPS) is 23.5. The predicted octanol–water partition coefficient (Wildman–Crippen LogP) is 1.22. The number of aliphatic hydroxyl groups excluding tert-OH is 1. The summed E-state index contributed by atoms with van der Waals surface area (Å²) in [6.07, 6.45) is 8.38. The van der Waals surface area contributed by atoms with Gasteiger partial charge >= 0.3 is 0 Å². The Kier molecular flexibility index (Phi) is 3.31. The van der Waals surface area contributed by atoms with E-state index in [1.807, 2.05) is 7.05 Å². The number of nitrogens with zero attached hydrogens (tertiary/aromatic N) is 1. The molecule has 0 unspecified atom stereocenters. The minimum atomic E-state index is -0.0842. The van der Waals surface area contributed by atoms with E-state index in [4.69, 9.17) is 0 Å². The van der Waals surface area contributed by atoms with Crippen molar-refractivity contribution in [2.45, 2.75) is 31.8 Å². The van der Waals surface area contributed by atoms with Crippen molar-refractivity contribution in [3.05, 3.63) is 23.5 Å². The van der Waals surface area contributed by atoms with Gasteiger partial charge in [0.25, 0.3) is 0 Å². The lowest BCUT2D eigenvalue weighted by atomic mass is 10.0. The Balaban J connectivity index is 2.08. The number of piperidine rings is 1. The Labute approximate surface area is 91.5 Å². The summed E-state index contributed by atoms with van der Waals surface area (Å²) in [4.78, 5) is 2.42. The van der Waals surface area contributed by atoms with E-state index >= 15 is 0 Å². The SMILES string of the molecule is CNC1=C(N2CCC(O)CC2)CCC=C1. The fourth-order valence-electron chi connectivity index (χ4n) is 2.34. The Morgan fingerprint density at radius 1 is 1.40 bits per heavy atom. The van der Waals surface area contributed by atoms with Crippen LogP contribution in [0.1, 0.15) is 25.7 Å². The molecule has 0 aromatic carbocycles. The lowest BCUT2D eigenvalue weighted by Gasteiger charge is -2.35. The molecule has 2 N–H and O–H groups in total. The summed E-state index contributed by atoms with van der Waals surface area (Å²) in [5.41, 5.74) is 2.67. The third-order valence-corrected chi connectivity index (χ3v) is 3.26. The summed E-state index contributed by atoms with van der Waals surface area (Å²) in [6, 6.07) is 0. The van der Waals surface area contributed by atoms with Crippen molar-refractivity contribution in [1.29, 1.82) is 0 Å². The maximum absolute atomic E-state index is 9.48. The zero-order chi connectivity index (χ0) is 10.7. The molecule has 1 heterocycles. The number of aliphatic hydroxyl groups is 1. The Bertz CT molecular complexity index is 275. The van der Waals surface area contributed by atoms with E-state index in [-0.39, 0.29) is 6.10 Å². The maximum atomic E-state index is 9.48. The Morgan fingerprint density at radius 2 is 2.13 bits per heavy atom. The van der Waals surface area contributed by atoms with Gasteiger partial charge in [-0.15, -0.1) is 0 Å². The van der Waals surface area contributed by atoms with E-state index in [0.717, 1.165) is 38.8 Å². The Morgan fingerprint density at radius 3 is 2.80 bits per heavy atom. The minimum Gasteiger partial charge on any atom is -0.393 e. The van der Waals surface area contributed by atoms with Gasteiger partial charge in [0.2, 0.25) is 0 Å². The van der Waals surface area contributed by atoms with Crippen LogP contribution >= 0.6 is 0 Å². The van der Waals surface area contributed by atoms with Gasteiger partial charge < -0.3 is 15.3 Å². The largest absolute Gasteiger partial charge is 0.393 e. The molecule has 2 aliphatic rings. The molecule has 3 heteroatoms. The van der Waals surface area contributed by atoms with Crippen LogP contribution in [0.3, 0.4) is 0 Å². The Hall–Kier alpha value is -0.960. The molecule has 0 aromatic rings. The quantitative estimate of drug-likeness (QED) is 0.716. The summed E-state index contributed by atoms with van der Waals surface area (Å²) in [7, 11) is 1.98. The van der Waals surface area contributed by atoms with E-state index in [2.05, 4.69) is 22.4 Å². The van der Waals surface area contributed by atoms with E-state index in [1.54, 1.807) is 0 Å². The van der Waals surface area contributed by atoms with Crippen LogP contribution < -0.4 is 5.32 Å². The highest BCUT2D eigenvalue weighted by Gasteiger charge is 2.21. The fraction of sp³-hybridized carbons (Fsp3) is 0.667. The van der Waals surface area contributed by atoms with Crippen LogP contribution in [0.5, 0.6) is 0 Å². The lowest BCUT2D eigenvalue weighted by molar-refractivity contribution is 0.0949. The zero-order valence-electron chi connectivity index (χ0n) is 9.37. The van der Waals surface area contributed by atoms with Gasteiger partial charge in [-0.25, -0.2) is 0 Å². The molecule has 0 bridgehead atoms. The van der Waals surface area contributed by atoms with Crippen LogP contribution in [-0.4, -0.2) is 36.2 Å². The summed E-state index contributed by atoms with van der Waals surface area (Å²) in [6.45, 7) is 1.99. The van der Waals surface area contributed by atoms with Gasteiger partial charge in [-0.2, -0.15) is 0 Å². The summed E-state index contributed by atoms with van der Waals surface area (Å²) in [5, 5.41) is 12.7. The first-order chi connectivity index (χ1) is 7.31. The topological polar surface area (TPSA) is 35.5 Å². The number of likely N-dealkylation sites (tertiary alicyclic amines) is 1. The molecule has 3 nitrogen and oxygen atoms in total. The monoisotopic (exact) mass is 208 g/mol. The van der Waals surface area contributed by atoms with Crippen molar-refractivity contribution < 1.29 is 5.11 Å². The van der Waals surface area contributed by atoms with Crippen LogP contribution in [0.15, 0.2) is 23.5 Å². The third kappa shape index (κ3) is 2.34. The second-order valence-electron chi connectivity index (χ2n) is 4.27. The van der Waals surface area contributed by atoms with Gasteiger partial charge in [-0.3, -0.25) is 0 Å². The molecule has 1 aliphatic carbocycles. The van der Waals surface area contributed by atoms with Gasteiger partial charge in [0.05, 0.1) is 11.8 Å². The molecule has 2 rings (SSSR count). The molecule has 1 fully saturated rings. The number of rotatable bonds is 2. The van der Waals surface area contributed by atoms with Crippen LogP contribution in [0.2, 0.25) is 0 Å². The molecule has 15 heavy (non-hydrogen) atoms. The number of hydrogen-bond donors (Lipinski definition) is 2. The second kappa shape index (κ2) is 4.71. The van der Waals surface area contributed by atoms with E-state index < -0.39 is 0 Å². The van der Waals surface area contributed by atoms with Gasteiger partial charge in [0.15, 0.2) is 0 Å². The molecule has 1 aliphatic heterocycles. The summed E-state index contributed by atoms with van der Waals surface area (Å²) in [5.74, 6) is 0. The highest BCUT2D eigenvalue weighted by molar-refractivity contribution is 5.27. The highest BCUT2D eigenvalue weighted by atomic mass is 16.3. The minimum absolute atomic E-state index is 0.0842. The molecule has 0 radical (unpaired) electrons. The maximum Gasteiger partial charge on any atom is 0.0573 e. The number of hydrogen-bond acceptors (Lipinski definition) is 3. The highest BCUT2D eigenvalue weighted by Crippen LogP contribution is 2.24. The summed E-state index contributed by atoms with van der Waals surface area (Å²) < 4.78 is 0. The van der Waals surface area contributed by atoms with Crippen molar-refractivity contribution in [2.24, 2.45) is 0 Å². The first-order valence-electron chi connectivity index (χ1n) is 5.81. The third-order valence-electron chi connectivity index (χ3n) is 3.26. The van der Waals surface area contributed by atoms with Crippen molar-refractivity contribution in [3.63, 3.8) is 0 Å². The van der Waals surface area contributed by atoms with Gasteiger partial charge in [0.1, 0.15) is 0 Å². The molecular weight excluding hydrogens is 188 g/mol. The molecule has 0 aromatic heterocycles. The molecule has 0 atom stereocenters. The standard InChI is InChI=1S/C12H20N2O/c1-13-11-4-2-3-5-12(11)14-8-6-10(15)7-9-14/h2,4,10,13,15H,3,5-9H2,1H3. The van der Waals surface area contributed by atoms with E-state index in [9.17, 15) is 5.11 Å². The first kappa shape index (κ1) is 10.6. The molecule has 0 spiro atoms. The van der Waals surface area contributed by atoms with E-state index in [1.165, 1.54) is 11.4 Å². The molecular formula is C12H20N2O. The van der Waals surface area contributed by atoms with Crippen molar-refractivity contribution in [2.75, 3.05) is 20.1 Å². The number of nitrogens with one attached hydrogen (secondary N) is 1. The average molecular weight is 208 g/mol. The first-order valence-corrected chi connectivity index (χ1v) is 5.81. The average Bonchev–Trinajstić information content (AvgIpc) is 2.30. The van der Waals surface area contributed by atoms with E-state index in [0.29, 0.717) is 0 Å². The van der Waals surface area contributed by atoms with Crippen LogP contribution in [-0.2, 0) is 0 Å². The second-order valence-corrected chi connectivity index (χ2v) is 4.27. The van der Waals surface area contributed by atoms with Crippen molar-refractivity contribution >= 4 is 0 Å². The van der Waals surface area contributed by atoms with Gasteiger partial charge in [-0.1, -0.05) is 6.08 Å². The van der Waals surface area contributed by atoms with Gasteiger partial charge in [0, 0.05) is 25.8 Å². The van der Waals surface area contributed by atoms with Crippen molar-refractivity contribution in [3.8, 4) is 0 Å².